The number of anilines is 1. The number of thioether (sulfide) groups is 2. The maximum atomic E-state index is 8.02. The highest BCUT2D eigenvalue weighted by atomic mass is 32.2. The van der Waals surface area contributed by atoms with E-state index in [0.717, 1.165) is 5.69 Å². The molecule has 2 atom stereocenters. The molecule has 0 unspecified atom stereocenters. The van der Waals surface area contributed by atoms with Crippen LogP contribution in [0.15, 0.2) is 30.3 Å². The predicted molar refractivity (Wildman–Crippen MR) is 70.8 cm³/mol. The van der Waals surface area contributed by atoms with E-state index in [2.05, 4.69) is 30.9 Å². The predicted octanol–water partition coefficient (Wildman–Crippen LogP) is 3.60. The smallest absolute Gasteiger partial charge is 0.162 e. The lowest BCUT2D eigenvalue weighted by Gasteiger charge is -2.37. The van der Waals surface area contributed by atoms with E-state index in [4.69, 9.17) is 5.41 Å². The minimum Gasteiger partial charge on any atom is -0.309 e. The van der Waals surface area contributed by atoms with E-state index in [-0.39, 0.29) is 0 Å². The van der Waals surface area contributed by atoms with Crippen LogP contribution in [0.3, 0.4) is 0 Å². The zero-order valence-electron chi connectivity index (χ0n) is 8.81. The summed E-state index contributed by atoms with van der Waals surface area (Å²) in [7, 11) is 0. The van der Waals surface area contributed by atoms with Crippen molar-refractivity contribution >= 4 is 34.4 Å². The summed E-state index contributed by atoms with van der Waals surface area (Å²) >= 11 is 3.52. The molecule has 1 aliphatic heterocycles. The fourth-order valence-electron chi connectivity index (χ4n) is 1.66. The first-order chi connectivity index (χ1) is 7.18. The highest BCUT2D eigenvalue weighted by Crippen LogP contribution is 2.39. The molecular weight excluding hydrogens is 224 g/mol. The SMILES string of the molecule is C[C@@H]1SC(=N)N(c2ccccc2)[C@H](C)S1. The maximum absolute atomic E-state index is 8.02. The van der Waals surface area contributed by atoms with E-state index in [0.29, 0.717) is 15.1 Å². The van der Waals surface area contributed by atoms with Crippen molar-refractivity contribution in [3.8, 4) is 0 Å². The van der Waals surface area contributed by atoms with Crippen molar-refractivity contribution in [1.82, 2.24) is 0 Å². The van der Waals surface area contributed by atoms with Crippen molar-refractivity contribution in [2.75, 3.05) is 4.90 Å². The topological polar surface area (TPSA) is 27.1 Å². The summed E-state index contributed by atoms with van der Waals surface area (Å²) in [5.41, 5.74) is 1.11. The van der Waals surface area contributed by atoms with Gasteiger partial charge in [0, 0.05) is 5.69 Å². The van der Waals surface area contributed by atoms with E-state index in [1.54, 1.807) is 11.8 Å². The molecule has 1 fully saturated rings. The van der Waals surface area contributed by atoms with Crippen molar-refractivity contribution in [3.63, 3.8) is 0 Å². The lowest BCUT2D eigenvalue weighted by atomic mass is 10.3. The highest BCUT2D eigenvalue weighted by Gasteiger charge is 2.28. The van der Waals surface area contributed by atoms with Gasteiger partial charge in [0.1, 0.15) is 0 Å². The Hall–Kier alpha value is -0.610. The summed E-state index contributed by atoms with van der Waals surface area (Å²) in [5, 5.41) is 9.02. The molecule has 0 aromatic heterocycles. The number of para-hydroxylation sites is 1. The van der Waals surface area contributed by atoms with Gasteiger partial charge < -0.3 is 4.90 Å². The summed E-state index contributed by atoms with van der Waals surface area (Å²) < 4.78 is 0.479. The van der Waals surface area contributed by atoms with Crippen molar-refractivity contribution in [1.29, 1.82) is 5.41 Å². The second-order valence-electron chi connectivity index (χ2n) is 3.43. The average molecular weight is 238 g/mol. The second-order valence-corrected chi connectivity index (χ2v) is 6.72. The molecule has 0 radical (unpaired) electrons. The van der Waals surface area contributed by atoms with Crippen molar-refractivity contribution in [3.05, 3.63) is 30.3 Å². The monoisotopic (exact) mass is 238 g/mol. The Morgan fingerprint density at radius 3 is 2.47 bits per heavy atom. The van der Waals surface area contributed by atoms with Crippen LogP contribution in [0.5, 0.6) is 0 Å². The zero-order valence-corrected chi connectivity index (χ0v) is 10.4. The molecule has 4 heteroatoms. The van der Waals surface area contributed by atoms with Crippen LogP contribution in [0.4, 0.5) is 5.69 Å². The molecule has 0 spiro atoms. The number of amidine groups is 1. The Morgan fingerprint density at radius 1 is 1.20 bits per heavy atom. The number of rotatable bonds is 1. The largest absolute Gasteiger partial charge is 0.309 e. The Balaban J connectivity index is 2.25. The third-order valence-corrected chi connectivity index (χ3v) is 4.64. The Kier molecular flexibility index (Phi) is 3.26. The first-order valence-electron chi connectivity index (χ1n) is 4.93. The van der Waals surface area contributed by atoms with E-state index < -0.39 is 0 Å². The fourth-order valence-corrected chi connectivity index (χ4v) is 4.30. The third-order valence-electron chi connectivity index (χ3n) is 2.28. The third kappa shape index (κ3) is 2.32. The molecule has 2 nitrogen and oxygen atoms in total. The molecule has 80 valence electrons. The Bertz CT molecular complexity index is 353. The Morgan fingerprint density at radius 2 is 1.87 bits per heavy atom. The van der Waals surface area contributed by atoms with Gasteiger partial charge in [-0.25, -0.2) is 0 Å². The summed E-state index contributed by atoms with van der Waals surface area (Å²) in [6.45, 7) is 4.31. The molecule has 0 bridgehead atoms. The second kappa shape index (κ2) is 4.49. The summed E-state index contributed by atoms with van der Waals surface area (Å²) in [4.78, 5) is 2.08. The first kappa shape index (κ1) is 10.9. The molecule has 1 aromatic carbocycles. The molecule has 1 saturated heterocycles. The van der Waals surface area contributed by atoms with Crippen LogP contribution in [0.2, 0.25) is 0 Å². The van der Waals surface area contributed by atoms with E-state index in [1.165, 1.54) is 0 Å². The molecule has 15 heavy (non-hydrogen) atoms. The van der Waals surface area contributed by atoms with Gasteiger partial charge in [-0.05, 0) is 26.0 Å². The fraction of sp³-hybridized carbons (Fsp3) is 0.364. The number of hydrogen-bond acceptors (Lipinski definition) is 3. The van der Waals surface area contributed by atoms with Gasteiger partial charge in [-0.1, -0.05) is 30.0 Å². The van der Waals surface area contributed by atoms with Gasteiger partial charge in [0.05, 0.1) is 9.96 Å². The quantitative estimate of drug-likeness (QED) is 0.810. The van der Waals surface area contributed by atoms with Crippen molar-refractivity contribution < 1.29 is 0 Å². The minimum atomic E-state index is 0.344. The van der Waals surface area contributed by atoms with Gasteiger partial charge in [0.25, 0.3) is 0 Å². The van der Waals surface area contributed by atoms with Crippen LogP contribution in [0.25, 0.3) is 0 Å². The normalized spacial score (nSPS) is 26.8. The summed E-state index contributed by atoms with van der Waals surface area (Å²) in [6, 6.07) is 10.2. The van der Waals surface area contributed by atoms with E-state index in [9.17, 15) is 0 Å². The molecule has 0 amide bonds. The van der Waals surface area contributed by atoms with E-state index >= 15 is 0 Å². The standard InChI is InChI=1S/C11H14N2S2/c1-8-13(10-6-4-3-5-7-10)11(12)15-9(2)14-8/h3-9,12H,1-2H3/t8-,9-/m0/s1. The van der Waals surface area contributed by atoms with Gasteiger partial charge in [0.15, 0.2) is 5.17 Å². The molecule has 0 saturated carbocycles. The number of nitrogens with zero attached hydrogens (tertiary/aromatic N) is 1. The average Bonchev–Trinajstić information content (AvgIpc) is 2.17. The first-order valence-corrected chi connectivity index (χ1v) is 6.75. The molecule has 0 aliphatic carbocycles. The summed E-state index contributed by atoms with van der Waals surface area (Å²) in [5.74, 6) is 0. The summed E-state index contributed by atoms with van der Waals surface area (Å²) in [6.07, 6.45) is 0. The van der Waals surface area contributed by atoms with Gasteiger partial charge in [0.2, 0.25) is 0 Å². The minimum absolute atomic E-state index is 0.344. The molecule has 1 N–H and O–H groups in total. The number of benzene rings is 1. The molecular formula is C11H14N2S2. The zero-order chi connectivity index (χ0) is 10.8. The number of nitrogens with one attached hydrogen (secondary N) is 1. The molecule has 2 rings (SSSR count). The van der Waals surface area contributed by atoms with Crippen molar-refractivity contribution in [2.24, 2.45) is 0 Å². The van der Waals surface area contributed by atoms with Crippen molar-refractivity contribution in [2.45, 2.75) is 23.8 Å². The van der Waals surface area contributed by atoms with E-state index in [1.807, 2.05) is 30.0 Å². The Labute approximate surface area is 98.9 Å². The molecule has 1 aromatic rings. The van der Waals surface area contributed by atoms with Gasteiger partial charge in [-0.2, -0.15) is 0 Å². The van der Waals surface area contributed by atoms with Crippen LogP contribution in [0, 0.1) is 5.41 Å². The maximum Gasteiger partial charge on any atom is 0.162 e. The van der Waals surface area contributed by atoms with Gasteiger partial charge >= 0.3 is 0 Å². The lowest BCUT2D eigenvalue weighted by Crippen LogP contribution is -2.39. The van der Waals surface area contributed by atoms with Gasteiger partial charge in [-0.3, -0.25) is 5.41 Å². The van der Waals surface area contributed by atoms with Crippen LogP contribution < -0.4 is 4.90 Å². The molecule has 1 heterocycles. The van der Waals surface area contributed by atoms with Crippen LogP contribution >= 0.6 is 23.5 Å². The van der Waals surface area contributed by atoms with Crippen LogP contribution in [0.1, 0.15) is 13.8 Å². The van der Waals surface area contributed by atoms with Gasteiger partial charge in [-0.15, -0.1) is 11.8 Å². The van der Waals surface area contributed by atoms with Crippen LogP contribution in [-0.2, 0) is 0 Å². The lowest BCUT2D eigenvalue weighted by molar-refractivity contribution is 0.981. The van der Waals surface area contributed by atoms with Crippen LogP contribution in [-0.4, -0.2) is 15.1 Å². The number of hydrogen-bond donors (Lipinski definition) is 1. The molecule has 1 aliphatic rings. The highest BCUT2D eigenvalue weighted by molar-refractivity contribution is 8.26.